The van der Waals surface area contributed by atoms with Crippen LogP contribution in [0.5, 0.6) is 0 Å². The zero-order chi connectivity index (χ0) is 15.2. The highest BCUT2D eigenvalue weighted by Crippen LogP contribution is 2.19. The maximum Gasteiger partial charge on any atom is 0.247 e. The van der Waals surface area contributed by atoms with Crippen LogP contribution in [0.25, 0.3) is 0 Å². The lowest BCUT2D eigenvalue weighted by atomic mass is 10.1. The smallest absolute Gasteiger partial charge is 0.247 e. The molecule has 1 aromatic heterocycles. The molecule has 2 N–H and O–H groups in total. The third-order valence-corrected chi connectivity index (χ3v) is 3.09. The van der Waals surface area contributed by atoms with Crippen LogP contribution in [0, 0.1) is 0 Å². The molecule has 0 radical (unpaired) electrons. The summed E-state index contributed by atoms with van der Waals surface area (Å²) in [5, 5.41) is 10.4. The molecule has 5 nitrogen and oxygen atoms in total. The average molecular weight is 286 g/mol. The van der Waals surface area contributed by atoms with Gasteiger partial charge in [-0.05, 0) is 26.3 Å². The molecule has 0 bridgehead atoms. The number of carbonyl (C=O) groups excluding carboxylic acids is 1. The topological polar surface area (TPSA) is 59.0 Å². The molecule has 1 heterocycles. The van der Waals surface area contributed by atoms with Crippen LogP contribution in [0.2, 0.25) is 0 Å². The van der Waals surface area contributed by atoms with Gasteiger partial charge in [-0.2, -0.15) is 5.10 Å². The van der Waals surface area contributed by atoms with E-state index < -0.39 is 6.04 Å². The monoisotopic (exact) mass is 286 g/mol. The standard InChI is InChI=1S/C16H22N4O/c1-4-20-11-14(10-17-20)19-15(16(21)18-12(2)3)13-8-6-5-7-9-13/h5-12,15,19H,4H2,1-3H3,(H,18,21). The normalized spacial score (nSPS) is 12.2. The predicted molar refractivity (Wildman–Crippen MR) is 84.0 cm³/mol. The number of aryl methyl sites for hydroxylation is 1. The Morgan fingerprint density at radius 1 is 1.29 bits per heavy atom. The Balaban J connectivity index is 2.21. The molecule has 0 saturated heterocycles. The molecule has 1 aromatic carbocycles. The van der Waals surface area contributed by atoms with Gasteiger partial charge in [0.2, 0.25) is 5.91 Å². The van der Waals surface area contributed by atoms with E-state index in [1.165, 1.54) is 0 Å². The highest BCUT2D eigenvalue weighted by Gasteiger charge is 2.21. The fraction of sp³-hybridized carbons (Fsp3) is 0.375. The zero-order valence-electron chi connectivity index (χ0n) is 12.7. The van der Waals surface area contributed by atoms with Crippen LogP contribution in [0.1, 0.15) is 32.4 Å². The third kappa shape index (κ3) is 4.08. The maximum atomic E-state index is 12.4. The van der Waals surface area contributed by atoms with Crippen molar-refractivity contribution < 1.29 is 4.79 Å². The first kappa shape index (κ1) is 15.1. The summed E-state index contributed by atoms with van der Waals surface area (Å²) in [6, 6.07) is 9.37. The summed E-state index contributed by atoms with van der Waals surface area (Å²) in [6.07, 6.45) is 3.64. The number of benzene rings is 1. The lowest BCUT2D eigenvalue weighted by Crippen LogP contribution is -2.37. The van der Waals surface area contributed by atoms with Crippen LogP contribution < -0.4 is 10.6 Å². The molecule has 2 rings (SSSR count). The van der Waals surface area contributed by atoms with Crippen LogP contribution in [0.3, 0.4) is 0 Å². The Labute approximate surface area is 125 Å². The summed E-state index contributed by atoms with van der Waals surface area (Å²) in [4.78, 5) is 12.4. The first-order chi connectivity index (χ1) is 10.1. The molecule has 1 atom stereocenters. The van der Waals surface area contributed by atoms with Crippen molar-refractivity contribution in [1.29, 1.82) is 0 Å². The second kappa shape index (κ2) is 6.92. The summed E-state index contributed by atoms with van der Waals surface area (Å²) >= 11 is 0. The molecule has 1 unspecified atom stereocenters. The number of nitrogens with one attached hydrogen (secondary N) is 2. The average Bonchev–Trinajstić information content (AvgIpc) is 2.92. The van der Waals surface area contributed by atoms with Crippen molar-refractivity contribution in [3.05, 3.63) is 48.3 Å². The van der Waals surface area contributed by atoms with E-state index in [0.717, 1.165) is 17.8 Å². The summed E-state index contributed by atoms with van der Waals surface area (Å²) < 4.78 is 1.82. The Kier molecular flexibility index (Phi) is 4.98. The van der Waals surface area contributed by atoms with E-state index in [2.05, 4.69) is 15.7 Å². The van der Waals surface area contributed by atoms with Crippen molar-refractivity contribution in [1.82, 2.24) is 15.1 Å². The highest BCUT2D eigenvalue weighted by molar-refractivity contribution is 5.86. The first-order valence-electron chi connectivity index (χ1n) is 7.24. The molecule has 0 spiro atoms. The van der Waals surface area contributed by atoms with E-state index >= 15 is 0 Å². The molecule has 0 fully saturated rings. The summed E-state index contributed by atoms with van der Waals surface area (Å²) in [5.74, 6) is -0.0413. The third-order valence-electron chi connectivity index (χ3n) is 3.09. The minimum atomic E-state index is -0.428. The van der Waals surface area contributed by atoms with Gasteiger partial charge in [-0.3, -0.25) is 9.48 Å². The number of aromatic nitrogens is 2. The molecule has 0 aliphatic rings. The van der Waals surface area contributed by atoms with Gasteiger partial charge in [0.25, 0.3) is 0 Å². The van der Waals surface area contributed by atoms with Crippen molar-refractivity contribution >= 4 is 11.6 Å². The quantitative estimate of drug-likeness (QED) is 0.858. The van der Waals surface area contributed by atoms with Gasteiger partial charge in [-0.1, -0.05) is 30.3 Å². The van der Waals surface area contributed by atoms with E-state index in [4.69, 9.17) is 0 Å². The number of amides is 1. The minimum absolute atomic E-state index is 0.0413. The van der Waals surface area contributed by atoms with E-state index in [9.17, 15) is 4.79 Å². The summed E-state index contributed by atoms with van der Waals surface area (Å²) in [5.41, 5.74) is 1.77. The number of nitrogens with zero attached hydrogens (tertiary/aromatic N) is 2. The van der Waals surface area contributed by atoms with Gasteiger partial charge in [0.15, 0.2) is 0 Å². The van der Waals surface area contributed by atoms with Gasteiger partial charge in [-0.25, -0.2) is 0 Å². The van der Waals surface area contributed by atoms with Crippen molar-refractivity contribution in [2.75, 3.05) is 5.32 Å². The number of hydrogen-bond donors (Lipinski definition) is 2. The van der Waals surface area contributed by atoms with Gasteiger partial charge in [0, 0.05) is 18.8 Å². The summed E-state index contributed by atoms with van der Waals surface area (Å²) in [6.45, 7) is 6.73. The van der Waals surface area contributed by atoms with Crippen LogP contribution in [0.4, 0.5) is 5.69 Å². The number of hydrogen-bond acceptors (Lipinski definition) is 3. The van der Waals surface area contributed by atoms with Crippen LogP contribution in [0.15, 0.2) is 42.7 Å². The first-order valence-corrected chi connectivity index (χ1v) is 7.24. The lowest BCUT2D eigenvalue weighted by Gasteiger charge is -2.20. The molecule has 21 heavy (non-hydrogen) atoms. The minimum Gasteiger partial charge on any atom is -0.368 e. The van der Waals surface area contributed by atoms with Gasteiger partial charge in [0.05, 0.1) is 11.9 Å². The van der Waals surface area contributed by atoms with Crippen molar-refractivity contribution in [2.24, 2.45) is 0 Å². The van der Waals surface area contributed by atoms with Gasteiger partial charge < -0.3 is 10.6 Å². The number of anilines is 1. The largest absolute Gasteiger partial charge is 0.368 e. The molecule has 1 amide bonds. The molecular weight excluding hydrogens is 264 g/mol. The lowest BCUT2D eigenvalue weighted by molar-refractivity contribution is -0.122. The zero-order valence-corrected chi connectivity index (χ0v) is 12.7. The molecule has 0 saturated carbocycles. The molecule has 5 heteroatoms. The van der Waals surface area contributed by atoms with Crippen molar-refractivity contribution in [3.8, 4) is 0 Å². The Morgan fingerprint density at radius 2 is 2.00 bits per heavy atom. The fourth-order valence-electron chi connectivity index (χ4n) is 2.09. The Bertz CT molecular complexity index is 577. The SMILES string of the molecule is CCn1cc(NC(C(=O)NC(C)C)c2ccccc2)cn1. The van der Waals surface area contributed by atoms with Crippen molar-refractivity contribution in [3.63, 3.8) is 0 Å². The van der Waals surface area contributed by atoms with E-state index in [0.29, 0.717) is 0 Å². The maximum absolute atomic E-state index is 12.4. The predicted octanol–water partition coefficient (Wildman–Crippen LogP) is 2.58. The molecular formula is C16H22N4O. The number of rotatable bonds is 6. The van der Waals surface area contributed by atoms with Crippen LogP contribution >= 0.6 is 0 Å². The summed E-state index contributed by atoms with van der Waals surface area (Å²) in [7, 11) is 0. The van der Waals surface area contributed by atoms with Crippen molar-refractivity contribution in [2.45, 2.75) is 39.4 Å². The van der Waals surface area contributed by atoms with E-state index in [1.807, 2.05) is 62.0 Å². The van der Waals surface area contributed by atoms with Gasteiger partial charge in [0.1, 0.15) is 6.04 Å². The molecule has 2 aromatic rings. The molecule has 0 aliphatic heterocycles. The molecule has 0 aliphatic carbocycles. The van der Waals surface area contributed by atoms with E-state index in [-0.39, 0.29) is 11.9 Å². The number of carbonyl (C=O) groups is 1. The van der Waals surface area contributed by atoms with Crippen LogP contribution in [-0.4, -0.2) is 21.7 Å². The van der Waals surface area contributed by atoms with Crippen LogP contribution in [-0.2, 0) is 11.3 Å². The second-order valence-corrected chi connectivity index (χ2v) is 5.24. The second-order valence-electron chi connectivity index (χ2n) is 5.24. The molecule has 112 valence electrons. The van der Waals surface area contributed by atoms with Gasteiger partial charge >= 0.3 is 0 Å². The Hall–Kier alpha value is -2.30. The Morgan fingerprint density at radius 3 is 2.57 bits per heavy atom. The highest BCUT2D eigenvalue weighted by atomic mass is 16.2. The fourth-order valence-corrected chi connectivity index (χ4v) is 2.09. The van der Waals surface area contributed by atoms with Gasteiger partial charge in [-0.15, -0.1) is 0 Å². The van der Waals surface area contributed by atoms with E-state index in [1.54, 1.807) is 6.20 Å².